The van der Waals surface area contributed by atoms with Crippen LogP contribution in [0, 0.1) is 0 Å². The summed E-state index contributed by atoms with van der Waals surface area (Å²) < 4.78 is 23.6. The third-order valence-corrected chi connectivity index (χ3v) is 4.21. The van der Waals surface area contributed by atoms with Gasteiger partial charge in [0.05, 0.1) is 11.9 Å². The molecule has 0 aliphatic carbocycles. The van der Waals surface area contributed by atoms with Crippen molar-refractivity contribution in [1.29, 1.82) is 0 Å². The second-order valence-electron chi connectivity index (χ2n) is 4.86. The molecule has 2 N–H and O–H groups in total. The molecule has 0 amide bonds. The maximum absolute atomic E-state index is 10.9. The zero-order valence-corrected chi connectivity index (χ0v) is 11.4. The van der Waals surface area contributed by atoms with Gasteiger partial charge in [-0.3, -0.25) is 9.58 Å². The molecule has 1 aliphatic heterocycles. The molecule has 6 nitrogen and oxygen atoms in total. The summed E-state index contributed by atoms with van der Waals surface area (Å²) in [7, 11) is -1.43. The molecule has 1 atom stereocenters. The van der Waals surface area contributed by atoms with Gasteiger partial charge in [-0.1, -0.05) is 0 Å². The van der Waals surface area contributed by atoms with Crippen LogP contribution in [0.2, 0.25) is 0 Å². The molecule has 0 spiro atoms. The molecular weight excluding hydrogens is 252 g/mol. The zero-order valence-electron chi connectivity index (χ0n) is 10.6. The molecule has 1 fully saturated rings. The summed E-state index contributed by atoms with van der Waals surface area (Å²) in [6.45, 7) is 1.79. The fraction of sp³-hybridized carbons (Fsp3) is 0.727. The Hall–Kier alpha value is -0.920. The molecule has 0 bridgehead atoms. The van der Waals surface area contributed by atoms with Crippen LogP contribution in [0.25, 0.3) is 0 Å². The highest BCUT2D eigenvalue weighted by molar-refractivity contribution is 7.89. The van der Waals surface area contributed by atoms with Gasteiger partial charge in [0.2, 0.25) is 10.0 Å². The topological polar surface area (TPSA) is 81.2 Å². The van der Waals surface area contributed by atoms with Crippen LogP contribution in [-0.2, 0) is 17.1 Å². The minimum Gasteiger partial charge on any atom is -0.296 e. The molecule has 0 saturated carbocycles. The number of aryl methyl sites for hydroxylation is 1. The van der Waals surface area contributed by atoms with Crippen molar-refractivity contribution in [1.82, 2.24) is 14.7 Å². The number of nitrogens with two attached hydrogens (primary N) is 1. The first-order valence-electron chi connectivity index (χ1n) is 6.19. The van der Waals surface area contributed by atoms with Gasteiger partial charge in [-0.05, 0) is 32.4 Å². The molecule has 1 aromatic rings. The van der Waals surface area contributed by atoms with Crippen LogP contribution >= 0.6 is 0 Å². The van der Waals surface area contributed by atoms with E-state index in [9.17, 15) is 8.42 Å². The first-order valence-corrected chi connectivity index (χ1v) is 7.90. The van der Waals surface area contributed by atoms with Crippen LogP contribution in [0.5, 0.6) is 0 Å². The van der Waals surface area contributed by atoms with Crippen LogP contribution in [0.3, 0.4) is 0 Å². The lowest BCUT2D eigenvalue weighted by Gasteiger charge is -2.23. The monoisotopic (exact) mass is 272 g/mol. The van der Waals surface area contributed by atoms with E-state index in [1.807, 2.05) is 19.4 Å². The second-order valence-corrected chi connectivity index (χ2v) is 6.60. The third-order valence-electron chi connectivity index (χ3n) is 3.35. The summed E-state index contributed by atoms with van der Waals surface area (Å²) in [6, 6.07) is 0.374. The number of aromatic nitrogens is 2. The lowest BCUT2D eigenvalue weighted by molar-refractivity contribution is 0.258. The fourth-order valence-corrected chi connectivity index (χ4v) is 3.08. The van der Waals surface area contributed by atoms with E-state index in [0.29, 0.717) is 12.5 Å². The maximum Gasteiger partial charge on any atom is 0.209 e. The van der Waals surface area contributed by atoms with Gasteiger partial charge < -0.3 is 0 Å². The summed E-state index contributed by atoms with van der Waals surface area (Å²) in [4.78, 5) is 2.32. The normalized spacial score (nSPS) is 21.6. The van der Waals surface area contributed by atoms with Crippen molar-refractivity contribution in [3.8, 4) is 0 Å². The molecule has 7 heteroatoms. The number of nitrogens with zero attached hydrogens (tertiary/aromatic N) is 3. The lowest BCUT2D eigenvalue weighted by atomic mass is 10.1. The third kappa shape index (κ3) is 3.54. The molecule has 102 valence electrons. The van der Waals surface area contributed by atoms with Crippen LogP contribution in [0.1, 0.15) is 30.9 Å². The van der Waals surface area contributed by atoms with E-state index in [4.69, 9.17) is 5.14 Å². The summed E-state index contributed by atoms with van der Waals surface area (Å²) in [5.41, 5.74) is 1.21. The van der Waals surface area contributed by atoms with Crippen molar-refractivity contribution >= 4 is 10.0 Å². The van der Waals surface area contributed by atoms with Gasteiger partial charge in [-0.15, -0.1) is 0 Å². The van der Waals surface area contributed by atoms with Crippen LogP contribution < -0.4 is 5.14 Å². The lowest BCUT2D eigenvalue weighted by Crippen LogP contribution is -2.27. The minimum atomic E-state index is -3.34. The Morgan fingerprint density at radius 2 is 2.33 bits per heavy atom. The van der Waals surface area contributed by atoms with E-state index < -0.39 is 10.0 Å². The van der Waals surface area contributed by atoms with E-state index in [-0.39, 0.29) is 5.75 Å². The summed E-state index contributed by atoms with van der Waals surface area (Å²) in [5, 5.41) is 9.20. The summed E-state index contributed by atoms with van der Waals surface area (Å²) in [6.07, 6.45) is 6.77. The maximum atomic E-state index is 10.9. The molecule has 2 rings (SSSR count). The van der Waals surface area contributed by atoms with E-state index in [2.05, 4.69) is 10.00 Å². The molecule has 2 heterocycles. The van der Waals surface area contributed by atoms with Gasteiger partial charge in [0, 0.05) is 24.8 Å². The highest BCUT2D eigenvalue weighted by Crippen LogP contribution is 2.31. The molecule has 0 unspecified atom stereocenters. The molecule has 1 saturated heterocycles. The first-order chi connectivity index (χ1) is 8.46. The summed E-state index contributed by atoms with van der Waals surface area (Å²) >= 11 is 0. The Morgan fingerprint density at radius 1 is 1.56 bits per heavy atom. The molecule has 1 aliphatic rings. The van der Waals surface area contributed by atoms with Crippen molar-refractivity contribution in [2.75, 3.05) is 18.8 Å². The standard InChI is InChI=1S/C11H20N4O2S/c1-14-9-10(8-13-14)11-4-2-5-15(11)6-3-7-18(12,16)17/h8-9,11H,2-7H2,1H3,(H2,12,16,17)/t11-/m1/s1. The smallest absolute Gasteiger partial charge is 0.209 e. The highest BCUT2D eigenvalue weighted by Gasteiger charge is 2.26. The average Bonchev–Trinajstić information content (AvgIpc) is 2.84. The molecule has 1 aromatic heterocycles. The van der Waals surface area contributed by atoms with E-state index in [1.54, 1.807) is 4.68 Å². The Kier molecular flexibility index (Phi) is 4.04. The van der Waals surface area contributed by atoms with Gasteiger partial charge in [-0.25, -0.2) is 13.6 Å². The second kappa shape index (κ2) is 5.38. The van der Waals surface area contributed by atoms with Gasteiger partial charge in [0.1, 0.15) is 0 Å². The fourth-order valence-electron chi connectivity index (χ4n) is 2.55. The number of hydrogen-bond donors (Lipinski definition) is 1. The highest BCUT2D eigenvalue weighted by atomic mass is 32.2. The number of primary sulfonamides is 1. The van der Waals surface area contributed by atoms with Crippen molar-refractivity contribution in [3.63, 3.8) is 0 Å². The van der Waals surface area contributed by atoms with Crippen molar-refractivity contribution in [2.24, 2.45) is 12.2 Å². The Bertz CT molecular complexity index is 497. The van der Waals surface area contributed by atoms with Gasteiger partial charge in [0.15, 0.2) is 0 Å². The van der Waals surface area contributed by atoms with Gasteiger partial charge in [-0.2, -0.15) is 5.10 Å². The summed E-state index contributed by atoms with van der Waals surface area (Å²) in [5.74, 6) is 0.0588. The van der Waals surface area contributed by atoms with Crippen LogP contribution in [-0.4, -0.2) is 41.9 Å². The molecule has 0 aromatic carbocycles. The van der Waals surface area contributed by atoms with Gasteiger partial charge >= 0.3 is 0 Å². The quantitative estimate of drug-likeness (QED) is 0.832. The van der Waals surface area contributed by atoms with E-state index >= 15 is 0 Å². The predicted molar refractivity (Wildman–Crippen MR) is 69.3 cm³/mol. The number of likely N-dealkylation sites (tertiary alicyclic amines) is 1. The number of hydrogen-bond acceptors (Lipinski definition) is 4. The predicted octanol–water partition coefficient (Wildman–Crippen LogP) is 0.236. The van der Waals surface area contributed by atoms with E-state index in [0.717, 1.165) is 25.9 Å². The zero-order chi connectivity index (χ0) is 13.2. The van der Waals surface area contributed by atoms with Crippen molar-refractivity contribution < 1.29 is 8.42 Å². The Morgan fingerprint density at radius 3 is 2.94 bits per heavy atom. The van der Waals surface area contributed by atoms with Crippen molar-refractivity contribution in [2.45, 2.75) is 25.3 Å². The number of rotatable bonds is 5. The largest absolute Gasteiger partial charge is 0.296 e. The van der Waals surface area contributed by atoms with Crippen LogP contribution in [0.4, 0.5) is 0 Å². The Labute approximate surface area is 108 Å². The molecule has 18 heavy (non-hydrogen) atoms. The SMILES string of the molecule is Cn1cc([C@H]2CCCN2CCCS(N)(=O)=O)cn1. The Balaban J connectivity index is 1.92. The van der Waals surface area contributed by atoms with E-state index in [1.165, 1.54) is 5.56 Å². The first kappa shape index (κ1) is 13.5. The number of sulfonamides is 1. The van der Waals surface area contributed by atoms with Crippen molar-refractivity contribution in [3.05, 3.63) is 18.0 Å². The minimum absolute atomic E-state index is 0.0588. The molecular formula is C11H20N4O2S. The molecule has 0 radical (unpaired) electrons. The van der Waals surface area contributed by atoms with Gasteiger partial charge in [0.25, 0.3) is 0 Å². The van der Waals surface area contributed by atoms with Crippen LogP contribution in [0.15, 0.2) is 12.4 Å². The average molecular weight is 272 g/mol.